The minimum absolute atomic E-state index is 0.0186. The number of hydrogen-bond acceptors (Lipinski definition) is 3. The smallest absolute Gasteiger partial charge is 0.326 e. The maximum atomic E-state index is 12.7. The van der Waals surface area contributed by atoms with Crippen molar-refractivity contribution < 1.29 is 19.5 Å². The van der Waals surface area contributed by atoms with Crippen LogP contribution < -0.4 is 5.32 Å². The van der Waals surface area contributed by atoms with Crippen molar-refractivity contribution in [3.8, 4) is 0 Å². The molecule has 0 saturated carbocycles. The largest absolute Gasteiger partial charge is 0.480 e. The second-order valence-corrected chi connectivity index (χ2v) is 6.39. The van der Waals surface area contributed by atoms with Gasteiger partial charge >= 0.3 is 5.97 Å². The summed E-state index contributed by atoms with van der Waals surface area (Å²) >= 11 is 6.23. The number of nitrogens with one attached hydrogen (secondary N) is 1. The van der Waals surface area contributed by atoms with Gasteiger partial charge in [0, 0.05) is 18.6 Å². The predicted molar refractivity (Wildman–Crippen MR) is 89.8 cm³/mol. The van der Waals surface area contributed by atoms with E-state index in [4.69, 9.17) is 11.6 Å². The average molecular weight is 353 g/mol. The van der Waals surface area contributed by atoms with Gasteiger partial charge in [0.1, 0.15) is 6.04 Å². The lowest BCUT2D eigenvalue weighted by Crippen LogP contribution is -2.53. The number of aryl methyl sites for hydroxylation is 1. The highest BCUT2D eigenvalue weighted by atomic mass is 35.5. The van der Waals surface area contributed by atoms with E-state index in [9.17, 15) is 19.5 Å². The van der Waals surface area contributed by atoms with Gasteiger partial charge in [-0.3, -0.25) is 9.59 Å². The predicted octanol–water partition coefficient (Wildman–Crippen LogP) is 1.63. The van der Waals surface area contributed by atoms with Crippen LogP contribution in [-0.2, 0) is 20.8 Å². The molecule has 6 nitrogen and oxygen atoms in total. The SMILES string of the molecule is CNC(=O)[C@H]1CC[C@@H](C(=O)O)N(C(=O)Cc2cccc(C)c2Cl)C1. The number of piperidine rings is 1. The molecular weight excluding hydrogens is 332 g/mol. The second kappa shape index (κ2) is 7.66. The number of benzene rings is 1. The molecule has 0 unspecified atom stereocenters. The molecule has 24 heavy (non-hydrogen) atoms. The summed E-state index contributed by atoms with van der Waals surface area (Å²) in [7, 11) is 1.53. The van der Waals surface area contributed by atoms with Gasteiger partial charge < -0.3 is 15.3 Å². The maximum absolute atomic E-state index is 12.7. The van der Waals surface area contributed by atoms with Gasteiger partial charge in [-0.2, -0.15) is 0 Å². The van der Waals surface area contributed by atoms with E-state index in [1.54, 1.807) is 6.07 Å². The molecular formula is C17H21ClN2O4. The monoisotopic (exact) mass is 352 g/mol. The molecule has 1 saturated heterocycles. The van der Waals surface area contributed by atoms with Gasteiger partial charge in [-0.1, -0.05) is 29.8 Å². The molecule has 2 atom stereocenters. The number of carbonyl (C=O) groups is 3. The lowest BCUT2D eigenvalue weighted by molar-refractivity contribution is -0.154. The third-order valence-corrected chi connectivity index (χ3v) is 4.96. The fraction of sp³-hybridized carbons (Fsp3) is 0.471. The molecule has 2 amide bonds. The molecule has 1 aromatic rings. The van der Waals surface area contributed by atoms with Crippen LogP contribution in [0.5, 0.6) is 0 Å². The molecule has 0 aromatic heterocycles. The van der Waals surface area contributed by atoms with Gasteiger partial charge in [0.05, 0.1) is 12.3 Å². The van der Waals surface area contributed by atoms with E-state index < -0.39 is 12.0 Å². The first-order valence-electron chi connectivity index (χ1n) is 7.83. The number of carbonyl (C=O) groups excluding carboxylic acids is 2. The minimum Gasteiger partial charge on any atom is -0.480 e. The molecule has 0 radical (unpaired) electrons. The summed E-state index contributed by atoms with van der Waals surface area (Å²) in [6, 6.07) is 4.51. The first-order chi connectivity index (χ1) is 11.3. The highest BCUT2D eigenvalue weighted by Crippen LogP contribution is 2.26. The maximum Gasteiger partial charge on any atom is 0.326 e. The summed E-state index contributed by atoms with van der Waals surface area (Å²) in [4.78, 5) is 37.3. The Hall–Kier alpha value is -2.08. The van der Waals surface area contributed by atoms with E-state index >= 15 is 0 Å². The number of carboxylic acid groups (broad SMARTS) is 1. The van der Waals surface area contributed by atoms with Crippen molar-refractivity contribution in [2.24, 2.45) is 5.92 Å². The van der Waals surface area contributed by atoms with Crippen molar-refractivity contribution in [1.29, 1.82) is 0 Å². The lowest BCUT2D eigenvalue weighted by Gasteiger charge is -2.37. The normalized spacial score (nSPS) is 20.5. The lowest BCUT2D eigenvalue weighted by atomic mass is 9.91. The Morgan fingerprint density at radius 1 is 1.33 bits per heavy atom. The Balaban J connectivity index is 2.20. The quantitative estimate of drug-likeness (QED) is 0.862. The van der Waals surface area contributed by atoms with Crippen molar-refractivity contribution in [2.45, 2.75) is 32.2 Å². The zero-order chi connectivity index (χ0) is 17.9. The molecule has 1 aliphatic rings. The first kappa shape index (κ1) is 18.3. The summed E-state index contributed by atoms with van der Waals surface area (Å²) in [5.74, 6) is -1.94. The number of rotatable bonds is 4. The van der Waals surface area contributed by atoms with Gasteiger partial charge in [0.2, 0.25) is 11.8 Å². The fourth-order valence-electron chi connectivity index (χ4n) is 3.03. The number of halogens is 1. The molecule has 0 bridgehead atoms. The number of nitrogens with zero attached hydrogens (tertiary/aromatic N) is 1. The van der Waals surface area contributed by atoms with Crippen molar-refractivity contribution in [3.05, 3.63) is 34.3 Å². The topological polar surface area (TPSA) is 86.7 Å². The van der Waals surface area contributed by atoms with Crippen molar-refractivity contribution in [2.75, 3.05) is 13.6 Å². The fourth-order valence-corrected chi connectivity index (χ4v) is 3.22. The van der Waals surface area contributed by atoms with Crippen molar-refractivity contribution in [3.63, 3.8) is 0 Å². The molecule has 1 fully saturated rings. The third kappa shape index (κ3) is 3.87. The van der Waals surface area contributed by atoms with E-state index in [2.05, 4.69) is 5.32 Å². The van der Waals surface area contributed by atoms with E-state index in [1.165, 1.54) is 11.9 Å². The second-order valence-electron chi connectivity index (χ2n) is 6.01. The van der Waals surface area contributed by atoms with Gasteiger partial charge in [-0.15, -0.1) is 0 Å². The van der Waals surface area contributed by atoms with Crippen LogP contribution in [0, 0.1) is 12.8 Å². The first-order valence-corrected chi connectivity index (χ1v) is 8.20. The molecule has 2 rings (SSSR count). The van der Waals surface area contributed by atoms with Crippen LogP contribution in [0.15, 0.2) is 18.2 Å². The number of hydrogen-bond donors (Lipinski definition) is 2. The molecule has 2 N–H and O–H groups in total. The van der Waals surface area contributed by atoms with Crippen LogP contribution in [0.2, 0.25) is 5.02 Å². The van der Waals surface area contributed by atoms with Gasteiger partial charge in [0.25, 0.3) is 0 Å². The molecule has 1 aliphatic heterocycles. The summed E-state index contributed by atoms with van der Waals surface area (Å²) in [6.07, 6.45) is 0.733. The zero-order valence-corrected chi connectivity index (χ0v) is 14.5. The van der Waals surface area contributed by atoms with E-state index in [0.717, 1.165) is 5.56 Å². The van der Waals surface area contributed by atoms with Crippen molar-refractivity contribution in [1.82, 2.24) is 10.2 Å². The standard InChI is InChI=1S/C17H21ClN2O4/c1-10-4-3-5-11(15(10)18)8-14(21)20-9-12(16(22)19-2)6-7-13(20)17(23)24/h3-5,12-13H,6-9H2,1-2H3,(H,19,22)(H,23,24)/t12-,13-/m0/s1. The highest BCUT2D eigenvalue weighted by Gasteiger charge is 2.38. The number of aliphatic carboxylic acids is 1. The van der Waals surface area contributed by atoms with E-state index in [-0.39, 0.29) is 37.1 Å². The summed E-state index contributed by atoms with van der Waals surface area (Å²) < 4.78 is 0. The van der Waals surface area contributed by atoms with Crippen LogP contribution in [-0.4, -0.2) is 47.4 Å². The van der Waals surface area contributed by atoms with Crippen LogP contribution in [0.1, 0.15) is 24.0 Å². The number of amides is 2. The van der Waals surface area contributed by atoms with Gasteiger partial charge in [0.15, 0.2) is 0 Å². The van der Waals surface area contributed by atoms with Crippen molar-refractivity contribution >= 4 is 29.4 Å². The number of carboxylic acids is 1. The van der Waals surface area contributed by atoms with Gasteiger partial charge in [-0.25, -0.2) is 4.79 Å². The van der Waals surface area contributed by atoms with Gasteiger partial charge in [-0.05, 0) is 30.9 Å². The Morgan fingerprint density at radius 2 is 2.04 bits per heavy atom. The minimum atomic E-state index is -1.05. The molecule has 0 spiro atoms. The summed E-state index contributed by atoms with van der Waals surface area (Å²) in [6.45, 7) is 1.96. The van der Waals surface area contributed by atoms with Crippen LogP contribution in [0.25, 0.3) is 0 Å². The molecule has 130 valence electrons. The van der Waals surface area contributed by atoms with E-state index in [1.807, 2.05) is 19.1 Å². The van der Waals surface area contributed by atoms with Crippen LogP contribution >= 0.6 is 11.6 Å². The molecule has 1 heterocycles. The average Bonchev–Trinajstić information content (AvgIpc) is 2.57. The zero-order valence-electron chi connectivity index (χ0n) is 13.7. The van der Waals surface area contributed by atoms with Crippen LogP contribution in [0.3, 0.4) is 0 Å². The number of likely N-dealkylation sites (tertiary alicyclic amines) is 1. The van der Waals surface area contributed by atoms with Crippen LogP contribution in [0.4, 0.5) is 0 Å². The summed E-state index contributed by atoms with van der Waals surface area (Å²) in [5.41, 5.74) is 1.52. The Morgan fingerprint density at radius 3 is 2.67 bits per heavy atom. The Labute approximate surface area is 145 Å². The summed E-state index contributed by atoms with van der Waals surface area (Å²) in [5, 5.41) is 12.5. The Bertz CT molecular complexity index is 662. The molecule has 0 aliphatic carbocycles. The van der Waals surface area contributed by atoms with E-state index in [0.29, 0.717) is 17.0 Å². The molecule has 7 heteroatoms. The highest BCUT2D eigenvalue weighted by molar-refractivity contribution is 6.32. The Kier molecular flexibility index (Phi) is 5.83. The third-order valence-electron chi connectivity index (χ3n) is 4.42. The molecule has 1 aromatic carbocycles.